The van der Waals surface area contributed by atoms with Gasteiger partial charge in [0.1, 0.15) is 18.1 Å². The molecule has 1 aliphatic heterocycles. The second-order valence-electron chi connectivity index (χ2n) is 9.66. The second-order valence-corrected chi connectivity index (χ2v) is 9.66. The molecule has 0 radical (unpaired) electrons. The molecule has 1 aromatic heterocycles. The molecule has 0 saturated carbocycles. The molecule has 0 bridgehead atoms. The summed E-state index contributed by atoms with van der Waals surface area (Å²) in [5.74, 6) is 0.305. The van der Waals surface area contributed by atoms with Crippen molar-refractivity contribution in [1.29, 1.82) is 0 Å². The number of aryl methyl sites for hydroxylation is 1. The number of morpholine rings is 1. The Hall–Kier alpha value is -3.91. The van der Waals surface area contributed by atoms with Gasteiger partial charge in [-0.1, -0.05) is 6.07 Å². The van der Waals surface area contributed by atoms with Gasteiger partial charge in [-0.25, -0.2) is 9.97 Å². The highest BCUT2D eigenvalue weighted by Crippen LogP contribution is 2.36. The number of rotatable bonds is 9. The molecule has 1 aliphatic rings. The number of hydrogen-bond donors (Lipinski definition) is 0. The Morgan fingerprint density at radius 1 is 0.976 bits per heavy atom. The lowest BCUT2D eigenvalue weighted by atomic mass is 10.0. The van der Waals surface area contributed by atoms with E-state index in [0.717, 1.165) is 42.5 Å². The van der Waals surface area contributed by atoms with Crippen molar-refractivity contribution in [2.24, 2.45) is 0 Å². The van der Waals surface area contributed by atoms with Crippen LogP contribution in [0.3, 0.4) is 0 Å². The molecule has 1 amide bonds. The fourth-order valence-corrected chi connectivity index (χ4v) is 4.17. The summed E-state index contributed by atoms with van der Waals surface area (Å²) < 4.78 is 96.0. The van der Waals surface area contributed by atoms with Crippen LogP contribution in [0.2, 0.25) is 0 Å². The molecule has 4 rings (SSSR count). The summed E-state index contributed by atoms with van der Waals surface area (Å²) >= 11 is 0. The van der Waals surface area contributed by atoms with Crippen LogP contribution in [-0.4, -0.2) is 72.2 Å². The molecule has 0 unspecified atom stereocenters. The van der Waals surface area contributed by atoms with Gasteiger partial charge in [0.15, 0.2) is 0 Å². The smallest absolute Gasteiger partial charge is 0.416 e. The first-order valence-electron chi connectivity index (χ1n) is 12.9. The first-order valence-corrected chi connectivity index (χ1v) is 12.9. The van der Waals surface area contributed by atoms with Crippen molar-refractivity contribution in [2.45, 2.75) is 25.8 Å². The Morgan fingerprint density at radius 3 is 2.19 bits per heavy atom. The zero-order valence-electron chi connectivity index (χ0n) is 22.8. The van der Waals surface area contributed by atoms with Crippen LogP contribution in [0.4, 0.5) is 26.3 Å². The zero-order chi connectivity index (χ0) is 30.5. The highest BCUT2D eigenvalue weighted by atomic mass is 19.4. The predicted octanol–water partition coefficient (Wildman–Crippen LogP) is 5.60. The van der Waals surface area contributed by atoms with Gasteiger partial charge in [-0.3, -0.25) is 9.69 Å². The zero-order valence-corrected chi connectivity index (χ0v) is 22.8. The molecule has 1 fully saturated rings. The van der Waals surface area contributed by atoms with Gasteiger partial charge in [-0.2, -0.15) is 26.3 Å². The largest absolute Gasteiger partial charge is 0.492 e. The molecule has 0 N–H and O–H groups in total. The van der Waals surface area contributed by atoms with E-state index in [1.54, 1.807) is 12.1 Å². The van der Waals surface area contributed by atoms with Crippen molar-refractivity contribution in [3.05, 3.63) is 76.6 Å². The maximum absolute atomic E-state index is 13.2. The van der Waals surface area contributed by atoms with Crippen LogP contribution in [0.5, 0.6) is 17.5 Å². The molecular formula is C28H28F6N4O4. The third-order valence-corrected chi connectivity index (χ3v) is 6.43. The van der Waals surface area contributed by atoms with Crippen molar-refractivity contribution in [3.63, 3.8) is 0 Å². The summed E-state index contributed by atoms with van der Waals surface area (Å²) in [4.78, 5) is 24.1. The lowest BCUT2D eigenvalue weighted by molar-refractivity contribution is -0.143. The predicted molar refractivity (Wildman–Crippen MR) is 138 cm³/mol. The van der Waals surface area contributed by atoms with Crippen LogP contribution in [0.15, 0.2) is 48.8 Å². The van der Waals surface area contributed by atoms with Crippen LogP contribution in [0.25, 0.3) is 0 Å². The number of alkyl halides is 6. The molecule has 1 saturated heterocycles. The van der Waals surface area contributed by atoms with Gasteiger partial charge in [-0.05, 0) is 42.3 Å². The topological polar surface area (TPSA) is 77.0 Å². The van der Waals surface area contributed by atoms with Crippen LogP contribution < -0.4 is 9.47 Å². The minimum Gasteiger partial charge on any atom is -0.492 e. The Kier molecular flexibility index (Phi) is 9.57. The number of aromatic nitrogens is 2. The molecule has 42 heavy (non-hydrogen) atoms. The maximum Gasteiger partial charge on any atom is 0.416 e. The van der Waals surface area contributed by atoms with E-state index in [2.05, 4.69) is 14.9 Å². The number of carbonyl (C=O) groups is 1. The molecule has 0 atom stereocenters. The normalized spacial score (nSPS) is 14.5. The van der Waals surface area contributed by atoms with Gasteiger partial charge >= 0.3 is 18.4 Å². The van der Waals surface area contributed by atoms with Crippen LogP contribution >= 0.6 is 0 Å². The first kappa shape index (κ1) is 31.0. The van der Waals surface area contributed by atoms with Crippen molar-refractivity contribution in [1.82, 2.24) is 19.8 Å². The summed E-state index contributed by atoms with van der Waals surface area (Å²) in [6.07, 6.45) is -7.67. The van der Waals surface area contributed by atoms with Crippen molar-refractivity contribution >= 4 is 5.91 Å². The highest BCUT2D eigenvalue weighted by molar-refractivity contribution is 5.93. The lowest BCUT2D eigenvalue weighted by Crippen LogP contribution is -2.38. The summed E-state index contributed by atoms with van der Waals surface area (Å²) in [6.45, 7) is 5.69. The minimum atomic E-state index is -4.99. The van der Waals surface area contributed by atoms with E-state index in [1.807, 2.05) is 13.0 Å². The Morgan fingerprint density at radius 2 is 1.60 bits per heavy atom. The summed E-state index contributed by atoms with van der Waals surface area (Å²) in [5.41, 5.74) is -2.39. The average Bonchev–Trinajstić information content (AvgIpc) is 2.94. The molecule has 2 heterocycles. The number of ether oxygens (including phenoxy) is 3. The molecule has 3 aromatic rings. The van der Waals surface area contributed by atoms with Gasteiger partial charge in [0.2, 0.25) is 0 Å². The maximum atomic E-state index is 13.2. The summed E-state index contributed by atoms with van der Waals surface area (Å²) in [5, 5.41) is 0. The standard InChI is InChI=1S/C28H28F6N4O4/c1-18-3-4-23(14-24(18)41-10-7-38-5-8-40-9-6-38)42-26-35-15-20(16-36-26)25(39)37(2)17-19-11-21(27(29,30)31)13-22(12-19)28(32,33)34/h3-4,11-16H,5-10,17H2,1-2H3. The Labute approximate surface area is 237 Å². The monoisotopic (exact) mass is 598 g/mol. The molecule has 0 aliphatic carbocycles. The van der Waals surface area contributed by atoms with Gasteiger partial charge in [0, 0.05) is 51.7 Å². The molecule has 0 spiro atoms. The van der Waals surface area contributed by atoms with E-state index < -0.39 is 35.9 Å². The van der Waals surface area contributed by atoms with Gasteiger partial charge < -0.3 is 19.1 Å². The van der Waals surface area contributed by atoms with Crippen LogP contribution in [0, 0.1) is 6.92 Å². The summed E-state index contributed by atoms with van der Waals surface area (Å²) in [7, 11) is 1.24. The third kappa shape index (κ3) is 8.32. The second kappa shape index (κ2) is 12.9. The van der Waals surface area contributed by atoms with E-state index in [0.29, 0.717) is 43.5 Å². The van der Waals surface area contributed by atoms with E-state index in [9.17, 15) is 31.1 Å². The Bertz CT molecular complexity index is 1340. The highest BCUT2D eigenvalue weighted by Gasteiger charge is 2.37. The van der Waals surface area contributed by atoms with Crippen LogP contribution in [0.1, 0.15) is 32.6 Å². The molecule has 2 aromatic carbocycles. The van der Waals surface area contributed by atoms with Crippen molar-refractivity contribution in [3.8, 4) is 17.5 Å². The van der Waals surface area contributed by atoms with Crippen molar-refractivity contribution in [2.75, 3.05) is 46.5 Å². The molecule has 226 valence electrons. The van der Waals surface area contributed by atoms with Crippen LogP contribution in [-0.2, 0) is 23.6 Å². The van der Waals surface area contributed by atoms with E-state index in [4.69, 9.17) is 14.2 Å². The first-order chi connectivity index (χ1) is 19.8. The number of benzene rings is 2. The van der Waals surface area contributed by atoms with Gasteiger partial charge in [0.25, 0.3) is 5.91 Å². The van der Waals surface area contributed by atoms with E-state index in [-0.39, 0.29) is 23.2 Å². The average molecular weight is 599 g/mol. The van der Waals surface area contributed by atoms with Gasteiger partial charge in [-0.15, -0.1) is 0 Å². The van der Waals surface area contributed by atoms with E-state index >= 15 is 0 Å². The number of nitrogens with zero attached hydrogens (tertiary/aromatic N) is 4. The van der Waals surface area contributed by atoms with E-state index in [1.165, 1.54) is 7.05 Å². The summed E-state index contributed by atoms with van der Waals surface area (Å²) in [6, 6.07) is 6.31. The third-order valence-electron chi connectivity index (χ3n) is 6.43. The number of carbonyl (C=O) groups excluding carboxylic acids is 1. The number of amides is 1. The quantitative estimate of drug-likeness (QED) is 0.297. The number of hydrogen-bond acceptors (Lipinski definition) is 7. The molecule has 14 heteroatoms. The fraction of sp³-hybridized carbons (Fsp3) is 0.393. The Balaban J connectivity index is 1.38. The minimum absolute atomic E-state index is 0.0342. The molecule has 8 nitrogen and oxygen atoms in total. The molecular weight excluding hydrogens is 570 g/mol. The van der Waals surface area contributed by atoms with Gasteiger partial charge in [0.05, 0.1) is 29.9 Å². The number of halogens is 6. The lowest BCUT2D eigenvalue weighted by Gasteiger charge is -2.26. The van der Waals surface area contributed by atoms with Crippen molar-refractivity contribution < 1.29 is 45.3 Å². The fourth-order valence-electron chi connectivity index (χ4n) is 4.17. The SMILES string of the molecule is Cc1ccc(Oc2ncc(C(=O)N(C)Cc3cc(C(F)(F)F)cc(C(F)(F)F)c3)cn2)cc1OCCN1CCOCC1.